The smallest absolute Gasteiger partial charge is 0.0639 e. The van der Waals surface area contributed by atoms with Crippen LogP contribution in [-0.4, -0.2) is 39.0 Å². The van der Waals surface area contributed by atoms with Crippen molar-refractivity contribution in [3.63, 3.8) is 0 Å². The SMILES string of the molecule is CC(O)CN1CCn2ncc(CN)c2C1. The van der Waals surface area contributed by atoms with Crippen molar-refractivity contribution in [1.29, 1.82) is 0 Å². The highest BCUT2D eigenvalue weighted by molar-refractivity contribution is 5.18. The molecule has 5 heteroatoms. The number of fused-ring (bicyclic) bond motifs is 1. The van der Waals surface area contributed by atoms with Crippen molar-refractivity contribution < 1.29 is 5.11 Å². The number of rotatable bonds is 3. The van der Waals surface area contributed by atoms with Gasteiger partial charge in [0.1, 0.15) is 0 Å². The maximum atomic E-state index is 9.34. The monoisotopic (exact) mass is 210 g/mol. The first-order chi connectivity index (χ1) is 7.20. The molecule has 3 N–H and O–H groups in total. The average Bonchev–Trinajstić information content (AvgIpc) is 2.59. The van der Waals surface area contributed by atoms with Gasteiger partial charge in [-0.2, -0.15) is 5.10 Å². The van der Waals surface area contributed by atoms with Gasteiger partial charge in [0.25, 0.3) is 0 Å². The number of nitrogens with two attached hydrogens (primary N) is 1. The van der Waals surface area contributed by atoms with Crippen molar-refractivity contribution >= 4 is 0 Å². The Kier molecular flexibility index (Phi) is 3.04. The van der Waals surface area contributed by atoms with Gasteiger partial charge in [0.2, 0.25) is 0 Å². The van der Waals surface area contributed by atoms with E-state index in [4.69, 9.17) is 5.73 Å². The molecule has 1 aromatic rings. The molecule has 1 aliphatic rings. The van der Waals surface area contributed by atoms with E-state index in [2.05, 4.69) is 10.00 Å². The van der Waals surface area contributed by atoms with E-state index in [0.29, 0.717) is 6.54 Å². The van der Waals surface area contributed by atoms with Crippen LogP contribution in [0.1, 0.15) is 18.2 Å². The molecular formula is C10H18N4O. The Balaban J connectivity index is 2.10. The molecule has 0 spiro atoms. The molecule has 1 atom stereocenters. The average molecular weight is 210 g/mol. The Hall–Kier alpha value is -0.910. The lowest BCUT2D eigenvalue weighted by Gasteiger charge is -2.29. The maximum absolute atomic E-state index is 9.34. The summed E-state index contributed by atoms with van der Waals surface area (Å²) in [4.78, 5) is 2.24. The van der Waals surface area contributed by atoms with Crippen molar-refractivity contribution in [2.24, 2.45) is 5.73 Å². The summed E-state index contributed by atoms with van der Waals surface area (Å²) in [7, 11) is 0. The minimum absolute atomic E-state index is 0.277. The van der Waals surface area contributed by atoms with E-state index in [0.717, 1.165) is 31.7 Å². The van der Waals surface area contributed by atoms with E-state index < -0.39 is 0 Å². The van der Waals surface area contributed by atoms with E-state index in [9.17, 15) is 5.11 Å². The Morgan fingerprint density at radius 2 is 2.40 bits per heavy atom. The van der Waals surface area contributed by atoms with Crippen LogP contribution in [0.15, 0.2) is 6.20 Å². The molecule has 84 valence electrons. The zero-order chi connectivity index (χ0) is 10.8. The molecule has 2 rings (SSSR count). The molecule has 1 aliphatic heterocycles. The highest BCUT2D eigenvalue weighted by atomic mass is 16.3. The molecule has 2 heterocycles. The van der Waals surface area contributed by atoms with Gasteiger partial charge in [-0.1, -0.05) is 0 Å². The number of aromatic nitrogens is 2. The van der Waals surface area contributed by atoms with Gasteiger partial charge in [-0.3, -0.25) is 9.58 Å². The number of aliphatic hydroxyl groups excluding tert-OH is 1. The summed E-state index contributed by atoms with van der Waals surface area (Å²) in [5, 5.41) is 13.6. The molecule has 1 unspecified atom stereocenters. The molecule has 0 bridgehead atoms. The fourth-order valence-corrected chi connectivity index (χ4v) is 2.05. The van der Waals surface area contributed by atoms with Gasteiger partial charge in [-0.15, -0.1) is 0 Å². The summed E-state index contributed by atoms with van der Waals surface area (Å²) in [6.07, 6.45) is 1.57. The molecule has 5 nitrogen and oxygen atoms in total. The van der Waals surface area contributed by atoms with Crippen molar-refractivity contribution in [1.82, 2.24) is 14.7 Å². The van der Waals surface area contributed by atoms with Crippen LogP contribution in [0.3, 0.4) is 0 Å². The highest BCUT2D eigenvalue weighted by Crippen LogP contribution is 2.16. The molecular weight excluding hydrogens is 192 g/mol. The molecule has 0 saturated carbocycles. The lowest BCUT2D eigenvalue weighted by atomic mass is 10.2. The molecule has 0 saturated heterocycles. The van der Waals surface area contributed by atoms with Crippen molar-refractivity contribution in [2.45, 2.75) is 32.7 Å². The lowest BCUT2D eigenvalue weighted by Crippen LogP contribution is -2.38. The fourth-order valence-electron chi connectivity index (χ4n) is 2.05. The Morgan fingerprint density at radius 1 is 1.60 bits per heavy atom. The van der Waals surface area contributed by atoms with Gasteiger partial charge < -0.3 is 10.8 Å². The Morgan fingerprint density at radius 3 is 3.07 bits per heavy atom. The topological polar surface area (TPSA) is 67.3 Å². The minimum Gasteiger partial charge on any atom is -0.392 e. The standard InChI is InChI=1S/C10H18N4O/c1-8(15)6-13-2-3-14-10(7-13)9(4-11)5-12-14/h5,8,15H,2-4,6-7,11H2,1H3. The number of nitrogens with zero attached hydrogens (tertiary/aromatic N) is 3. The normalized spacial score (nSPS) is 18.9. The van der Waals surface area contributed by atoms with Gasteiger partial charge in [0.15, 0.2) is 0 Å². The van der Waals surface area contributed by atoms with Gasteiger partial charge in [0.05, 0.1) is 24.5 Å². The first kappa shape index (κ1) is 10.6. The predicted molar refractivity (Wildman–Crippen MR) is 57.1 cm³/mol. The van der Waals surface area contributed by atoms with E-state index in [1.165, 1.54) is 5.69 Å². The zero-order valence-electron chi connectivity index (χ0n) is 9.06. The number of aliphatic hydroxyl groups is 1. The molecule has 0 aliphatic carbocycles. The van der Waals surface area contributed by atoms with Gasteiger partial charge in [-0.25, -0.2) is 0 Å². The number of hydrogen-bond acceptors (Lipinski definition) is 4. The highest BCUT2D eigenvalue weighted by Gasteiger charge is 2.20. The van der Waals surface area contributed by atoms with E-state index >= 15 is 0 Å². The second-order valence-electron chi connectivity index (χ2n) is 4.13. The first-order valence-electron chi connectivity index (χ1n) is 5.34. The summed E-state index contributed by atoms with van der Waals surface area (Å²) in [6.45, 7) is 5.76. The minimum atomic E-state index is -0.277. The van der Waals surface area contributed by atoms with Gasteiger partial charge in [-0.05, 0) is 6.92 Å². The van der Waals surface area contributed by atoms with E-state index in [1.54, 1.807) is 0 Å². The van der Waals surface area contributed by atoms with Gasteiger partial charge >= 0.3 is 0 Å². The van der Waals surface area contributed by atoms with Crippen LogP contribution in [0.2, 0.25) is 0 Å². The third kappa shape index (κ3) is 2.19. The largest absolute Gasteiger partial charge is 0.392 e. The number of β-amino-alcohol motifs (C(OH)–C–C–N with tert-alkyl or cyclic N) is 1. The fraction of sp³-hybridized carbons (Fsp3) is 0.700. The quantitative estimate of drug-likeness (QED) is 0.708. The maximum Gasteiger partial charge on any atom is 0.0639 e. The van der Waals surface area contributed by atoms with Crippen LogP contribution in [0.25, 0.3) is 0 Å². The summed E-state index contributed by atoms with van der Waals surface area (Å²) in [5.41, 5.74) is 7.96. The predicted octanol–water partition coefficient (Wildman–Crippen LogP) is -0.462. The van der Waals surface area contributed by atoms with Crippen LogP contribution in [0.5, 0.6) is 0 Å². The molecule has 15 heavy (non-hydrogen) atoms. The third-order valence-electron chi connectivity index (χ3n) is 2.78. The van der Waals surface area contributed by atoms with Crippen LogP contribution < -0.4 is 5.73 Å². The number of hydrogen-bond donors (Lipinski definition) is 2. The summed E-state index contributed by atoms with van der Waals surface area (Å²) in [6, 6.07) is 0. The zero-order valence-corrected chi connectivity index (χ0v) is 9.06. The Labute approximate surface area is 89.5 Å². The van der Waals surface area contributed by atoms with Crippen molar-refractivity contribution in [3.05, 3.63) is 17.5 Å². The lowest BCUT2D eigenvalue weighted by molar-refractivity contribution is 0.107. The van der Waals surface area contributed by atoms with Crippen molar-refractivity contribution in [2.75, 3.05) is 13.1 Å². The molecule has 0 radical (unpaired) electrons. The summed E-state index contributed by atoms with van der Waals surface area (Å²) < 4.78 is 2.01. The summed E-state index contributed by atoms with van der Waals surface area (Å²) in [5.74, 6) is 0. The first-order valence-corrected chi connectivity index (χ1v) is 5.34. The molecule has 0 aromatic carbocycles. The Bertz CT molecular complexity index is 321. The molecule has 1 aromatic heterocycles. The second-order valence-corrected chi connectivity index (χ2v) is 4.13. The van der Waals surface area contributed by atoms with Gasteiger partial charge in [0, 0.05) is 31.7 Å². The third-order valence-corrected chi connectivity index (χ3v) is 2.78. The van der Waals surface area contributed by atoms with Crippen LogP contribution in [-0.2, 0) is 19.6 Å². The van der Waals surface area contributed by atoms with Crippen LogP contribution >= 0.6 is 0 Å². The molecule has 0 amide bonds. The van der Waals surface area contributed by atoms with E-state index in [1.807, 2.05) is 17.8 Å². The van der Waals surface area contributed by atoms with E-state index in [-0.39, 0.29) is 6.10 Å². The second kappa shape index (κ2) is 4.30. The summed E-state index contributed by atoms with van der Waals surface area (Å²) >= 11 is 0. The van der Waals surface area contributed by atoms with Crippen molar-refractivity contribution in [3.8, 4) is 0 Å². The van der Waals surface area contributed by atoms with Crippen LogP contribution in [0.4, 0.5) is 0 Å². The van der Waals surface area contributed by atoms with Crippen LogP contribution in [0, 0.1) is 0 Å². The molecule has 0 fully saturated rings.